The zero-order valence-corrected chi connectivity index (χ0v) is 9.41. The van der Waals surface area contributed by atoms with Crippen molar-refractivity contribution in [1.82, 2.24) is 5.32 Å². The van der Waals surface area contributed by atoms with Crippen molar-refractivity contribution >= 4 is 12.6 Å². The van der Waals surface area contributed by atoms with Crippen molar-refractivity contribution in [2.45, 2.75) is 27.3 Å². The minimum atomic E-state index is 0.729. The number of thiol groups is 1. The van der Waals surface area contributed by atoms with Crippen LogP contribution in [0.25, 0.3) is 0 Å². The third kappa shape index (κ3) is 2.75. The van der Waals surface area contributed by atoms with Gasteiger partial charge >= 0.3 is 0 Å². The number of nitrogens with one attached hydrogen (secondary N) is 1. The highest BCUT2D eigenvalue weighted by Gasteiger charge is 2.00. The van der Waals surface area contributed by atoms with Gasteiger partial charge in [0.1, 0.15) is 0 Å². The van der Waals surface area contributed by atoms with Crippen LogP contribution in [-0.2, 0) is 6.54 Å². The first-order valence-electron chi connectivity index (χ1n) is 4.53. The molecule has 0 fully saturated rings. The zero-order valence-electron chi connectivity index (χ0n) is 8.52. The third-order valence-electron chi connectivity index (χ3n) is 2.38. The zero-order chi connectivity index (χ0) is 9.84. The molecular formula is C11H17NS. The van der Waals surface area contributed by atoms with Crippen LogP contribution < -0.4 is 5.32 Å². The molecule has 1 aromatic rings. The molecule has 0 amide bonds. The predicted molar refractivity (Wildman–Crippen MR) is 61.3 cm³/mol. The summed E-state index contributed by atoms with van der Waals surface area (Å²) in [7, 11) is 0. The van der Waals surface area contributed by atoms with Gasteiger partial charge in [-0.25, -0.2) is 0 Å². The van der Waals surface area contributed by atoms with E-state index in [0.717, 1.165) is 12.4 Å². The van der Waals surface area contributed by atoms with Gasteiger partial charge in [-0.2, -0.15) is 12.6 Å². The second-order valence-corrected chi connectivity index (χ2v) is 3.76. The number of aryl methyl sites for hydroxylation is 3. The maximum Gasteiger partial charge on any atom is 0.0390 e. The highest BCUT2D eigenvalue weighted by atomic mass is 32.1. The van der Waals surface area contributed by atoms with Crippen LogP contribution in [0.4, 0.5) is 0 Å². The first kappa shape index (κ1) is 10.6. The van der Waals surface area contributed by atoms with Crippen LogP contribution in [0.15, 0.2) is 12.1 Å². The molecule has 0 saturated heterocycles. The molecule has 0 aromatic heterocycles. The van der Waals surface area contributed by atoms with E-state index in [2.05, 4.69) is 50.8 Å². The highest BCUT2D eigenvalue weighted by molar-refractivity contribution is 7.80. The summed E-state index contributed by atoms with van der Waals surface area (Å²) in [6.45, 7) is 7.37. The van der Waals surface area contributed by atoms with E-state index in [-0.39, 0.29) is 0 Å². The summed E-state index contributed by atoms with van der Waals surface area (Å²) in [4.78, 5) is 0. The summed E-state index contributed by atoms with van der Waals surface area (Å²) in [5, 5.41) is 3.22. The molecule has 2 heteroatoms. The number of hydrogen-bond donors (Lipinski definition) is 2. The number of hydrogen-bond acceptors (Lipinski definition) is 2. The van der Waals surface area contributed by atoms with Crippen LogP contribution in [0.5, 0.6) is 0 Å². The minimum Gasteiger partial charge on any atom is -0.304 e. The third-order valence-corrected chi connectivity index (χ3v) is 2.60. The van der Waals surface area contributed by atoms with Gasteiger partial charge in [0.15, 0.2) is 0 Å². The quantitative estimate of drug-likeness (QED) is 0.558. The van der Waals surface area contributed by atoms with Crippen LogP contribution in [0.1, 0.15) is 22.3 Å². The van der Waals surface area contributed by atoms with Gasteiger partial charge in [0.05, 0.1) is 0 Å². The van der Waals surface area contributed by atoms with Crippen molar-refractivity contribution in [3.05, 3.63) is 34.4 Å². The van der Waals surface area contributed by atoms with Gasteiger partial charge in [-0.3, -0.25) is 0 Å². The second kappa shape index (κ2) is 4.68. The number of benzene rings is 1. The lowest BCUT2D eigenvalue weighted by Crippen LogP contribution is -2.11. The minimum absolute atomic E-state index is 0.729. The molecular weight excluding hydrogens is 178 g/mol. The van der Waals surface area contributed by atoms with Crippen molar-refractivity contribution in [3.8, 4) is 0 Å². The topological polar surface area (TPSA) is 12.0 Å². The lowest BCUT2D eigenvalue weighted by atomic mass is 10.0. The second-order valence-electron chi connectivity index (χ2n) is 3.45. The maximum atomic E-state index is 4.12. The molecule has 0 radical (unpaired) electrons. The van der Waals surface area contributed by atoms with E-state index >= 15 is 0 Å². The predicted octanol–water partition coefficient (Wildman–Crippen LogP) is 2.59. The van der Waals surface area contributed by atoms with Crippen molar-refractivity contribution in [2.75, 3.05) is 5.88 Å². The smallest absolute Gasteiger partial charge is 0.0390 e. The van der Waals surface area contributed by atoms with Crippen molar-refractivity contribution < 1.29 is 0 Å². The van der Waals surface area contributed by atoms with Crippen LogP contribution in [0.2, 0.25) is 0 Å². The fourth-order valence-electron chi connectivity index (χ4n) is 1.40. The lowest BCUT2D eigenvalue weighted by Gasteiger charge is -2.09. The van der Waals surface area contributed by atoms with E-state index in [1.807, 2.05) is 0 Å². The number of rotatable bonds is 3. The molecule has 1 nitrogen and oxygen atoms in total. The molecule has 1 N–H and O–H groups in total. The van der Waals surface area contributed by atoms with E-state index in [0.29, 0.717) is 0 Å². The van der Waals surface area contributed by atoms with Gasteiger partial charge in [0.25, 0.3) is 0 Å². The van der Waals surface area contributed by atoms with Crippen LogP contribution in [-0.4, -0.2) is 5.88 Å². The molecule has 72 valence electrons. The highest BCUT2D eigenvalue weighted by Crippen LogP contribution is 2.14. The van der Waals surface area contributed by atoms with E-state index in [1.54, 1.807) is 0 Å². The Kier molecular flexibility index (Phi) is 3.82. The van der Waals surface area contributed by atoms with Gasteiger partial charge in [-0.05, 0) is 43.0 Å². The Hall–Kier alpha value is -0.470. The van der Waals surface area contributed by atoms with Crippen molar-refractivity contribution in [2.24, 2.45) is 0 Å². The summed E-state index contributed by atoms with van der Waals surface area (Å²) in [6, 6.07) is 4.49. The molecule has 0 aliphatic rings. The normalized spacial score (nSPS) is 10.5. The maximum absolute atomic E-state index is 4.12. The standard InChI is InChI=1S/C11H17NS/c1-8-4-10(3)11(5-9(8)2)6-12-7-13/h4-5,12-13H,6-7H2,1-3H3. The molecule has 0 heterocycles. The fraction of sp³-hybridized carbons (Fsp3) is 0.455. The van der Waals surface area contributed by atoms with Crippen LogP contribution >= 0.6 is 12.6 Å². The Bertz CT molecular complexity index is 294. The molecule has 0 atom stereocenters. The summed E-state index contributed by atoms with van der Waals surface area (Å²) >= 11 is 4.12. The summed E-state index contributed by atoms with van der Waals surface area (Å²) in [5.41, 5.74) is 5.46. The fourth-order valence-corrected chi connectivity index (χ4v) is 1.51. The molecule has 0 aliphatic carbocycles. The Morgan fingerprint density at radius 3 is 2.31 bits per heavy atom. The van der Waals surface area contributed by atoms with Crippen molar-refractivity contribution in [1.29, 1.82) is 0 Å². The molecule has 1 rings (SSSR count). The van der Waals surface area contributed by atoms with E-state index in [9.17, 15) is 0 Å². The molecule has 13 heavy (non-hydrogen) atoms. The Morgan fingerprint density at radius 1 is 1.08 bits per heavy atom. The summed E-state index contributed by atoms with van der Waals surface area (Å²) in [5.74, 6) is 0.729. The Morgan fingerprint density at radius 2 is 1.69 bits per heavy atom. The van der Waals surface area contributed by atoms with Gasteiger partial charge in [0.2, 0.25) is 0 Å². The average Bonchev–Trinajstić information content (AvgIpc) is 2.09. The average molecular weight is 195 g/mol. The monoisotopic (exact) mass is 195 g/mol. The van der Waals surface area contributed by atoms with Gasteiger partial charge in [0, 0.05) is 12.4 Å². The molecule has 0 bridgehead atoms. The van der Waals surface area contributed by atoms with Crippen LogP contribution in [0.3, 0.4) is 0 Å². The van der Waals surface area contributed by atoms with Crippen molar-refractivity contribution in [3.63, 3.8) is 0 Å². The first-order chi connectivity index (χ1) is 6.15. The molecule has 0 unspecified atom stereocenters. The lowest BCUT2D eigenvalue weighted by molar-refractivity contribution is 0.792. The van der Waals surface area contributed by atoms with E-state index in [1.165, 1.54) is 22.3 Å². The van der Waals surface area contributed by atoms with E-state index < -0.39 is 0 Å². The largest absolute Gasteiger partial charge is 0.304 e. The summed E-state index contributed by atoms with van der Waals surface area (Å²) in [6.07, 6.45) is 0. The molecule has 0 spiro atoms. The molecule has 1 aromatic carbocycles. The Balaban J connectivity index is 2.88. The first-order valence-corrected chi connectivity index (χ1v) is 5.16. The van der Waals surface area contributed by atoms with Crippen LogP contribution in [0, 0.1) is 20.8 Å². The Labute approximate surface area is 86.0 Å². The van der Waals surface area contributed by atoms with E-state index in [4.69, 9.17) is 0 Å². The molecule has 0 saturated carbocycles. The SMILES string of the molecule is Cc1cc(C)c(CNCS)cc1C. The van der Waals surface area contributed by atoms with Gasteiger partial charge < -0.3 is 5.32 Å². The van der Waals surface area contributed by atoms with Gasteiger partial charge in [-0.15, -0.1) is 0 Å². The summed E-state index contributed by atoms with van der Waals surface area (Å²) < 4.78 is 0. The molecule has 0 aliphatic heterocycles. The van der Waals surface area contributed by atoms with Gasteiger partial charge in [-0.1, -0.05) is 12.1 Å².